The molecule has 9 heteroatoms. The Labute approximate surface area is 199 Å². The number of carbonyl (C=O) groups is 1. The molecule has 0 aliphatic heterocycles. The Hall–Kier alpha value is -3.98. The van der Waals surface area contributed by atoms with E-state index in [0.717, 1.165) is 28.0 Å². The van der Waals surface area contributed by atoms with Crippen LogP contribution in [-0.2, 0) is 17.1 Å². The second kappa shape index (κ2) is 8.75. The molecule has 3 aromatic heterocycles. The van der Waals surface area contributed by atoms with E-state index >= 15 is 0 Å². The topological polar surface area (TPSA) is 108 Å². The summed E-state index contributed by atoms with van der Waals surface area (Å²) in [5.74, 6) is 0.167. The summed E-state index contributed by atoms with van der Waals surface area (Å²) in [6.45, 7) is 3.75. The lowest BCUT2D eigenvalue weighted by atomic mass is 10.1. The Morgan fingerprint density at radius 2 is 1.76 bits per heavy atom. The molecule has 5 aromatic rings. The van der Waals surface area contributed by atoms with Gasteiger partial charge in [-0.2, -0.15) is 5.10 Å². The number of fused-ring (bicyclic) bond motifs is 2. The number of rotatable bonds is 6. The molecule has 0 aliphatic carbocycles. The molecule has 0 unspecified atom stereocenters. The number of hydrogen-bond acceptors (Lipinski definition) is 6. The maximum atomic E-state index is 13.1. The normalized spacial score (nSPS) is 11.4. The standard InChI is InChI=1S/C25H22N6O2S/c1-15-12-16(2)29-31-23(15)22(17-8-4-3-5-9-17)28-25(31)34-14-21-27-19-11-7-6-10-18(19)24(33)30(21)13-20(26)32/h3-12H,13-14H2,1-2H3,(H2,26,32). The molecule has 0 saturated carbocycles. The Morgan fingerprint density at radius 3 is 2.53 bits per heavy atom. The highest BCUT2D eigenvalue weighted by atomic mass is 32.2. The molecule has 0 radical (unpaired) electrons. The van der Waals surface area contributed by atoms with Gasteiger partial charge in [-0.3, -0.25) is 14.2 Å². The first-order chi connectivity index (χ1) is 16.4. The SMILES string of the molecule is Cc1cc(C)c2c(-c3ccccc3)nc(SCc3nc4ccccc4c(=O)n3CC(N)=O)n2n1. The average molecular weight is 471 g/mol. The second-order valence-electron chi connectivity index (χ2n) is 8.03. The van der Waals surface area contributed by atoms with Crippen LogP contribution in [0.4, 0.5) is 0 Å². The van der Waals surface area contributed by atoms with Crippen LogP contribution < -0.4 is 11.3 Å². The first-order valence-electron chi connectivity index (χ1n) is 10.7. The third-order valence-electron chi connectivity index (χ3n) is 5.51. The van der Waals surface area contributed by atoms with Crippen LogP contribution in [-0.4, -0.2) is 30.1 Å². The van der Waals surface area contributed by atoms with Gasteiger partial charge in [-0.1, -0.05) is 54.2 Å². The number of nitrogens with zero attached hydrogens (tertiary/aromatic N) is 5. The lowest BCUT2D eigenvalue weighted by Gasteiger charge is -2.11. The van der Waals surface area contributed by atoms with E-state index < -0.39 is 5.91 Å². The minimum absolute atomic E-state index is 0.235. The van der Waals surface area contributed by atoms with Crippen molar-refractivity contribution >= 4 is 34.1 Å². The number of carbonyl (C=O) groups excluding carboxylic acids is 1. The number of hydrogen-bond donors (Lipinski definition) is 1. The quantitative estimate of drug-likeness (QED) is 0.381. The Morgan fingerprint density at radius 1 is 1.03 bits per heavy atom. The summed E-state index contributed by atoms with van der Waals surface area (Å²) in [7, 11) is 0. The van der Waals surface area contributed by atoms with Gasteiger partial charge in [-0.25, -0.2) is 14.5 Å². The maximum absolute atomic E-state index is 13.1. The molecule has 0 aliphatic rings. The second-order valence-corrected chi connectivity index (χ2v) is 8.97. The number of nitrogens with two attached hydrogens (primary N) is 1. The molecule has 0 spiro atoms. The van der Waals surface area contributed by atoms with E-state index in [4.69, 9.17) is 15.8 Å². The van der Waals surface area contributed by atoms with E-state index in [9.17, 15) is 9.59 Å². The fourth-order valence-electron chi connectivity index (χ4n) is 4.07. The summed E-state index contributed by atoms with van der Waals surface area (Å²) < 4.78 is 3.19. The lowest BCUT2D eigenvalue weighted by molar-refractivity contribution is -0.118. The molecule has 0 fully saturated rings. The Balaban J connectivity index is 1.61. The van der Waals surface area contributed by atoms with Gasteiger partial charge in [0.05, 0.1) is 33.6 Å². The molecule has 170 valence electrons. The van der Waals surface area contributed by atoms with Crippen molar-refractivity contribution < 1.29 is 4.79 Å². The predicted molar refractivity (Wildman–Crippen MR) is 133 cm³/mol. The molecule has 34 heavy (non-hydrogen) atoms. The summed E-state index contributed by atoms with van der Waals surface area (Å²) >= 11 is 1.41. The summed E-state index contributed by atoms with van der Waals surface area (Å²) in [6, 6.07) is 19.1. The van der Waals surface area contributed by atoms with Crippen molar-refractivity contribution in [3.8, 4) is 11.3 Å². The largest absolute Gasteiger partial charge is 0.368 e. The van der Waals surface area contributed by atoms with Crippen LogP contribution in [0.15, 0.2) is 70.6 Å². The van der Waals surface area contributed by atoms with Crippen LogP contribution in [0.3, 0.4) is 0 Å². The Bertz CT molecular complexity index is 1610. The summed E-state index contributed by atoms with van der Waals surface area (Å²) in [4.78, 5) is 34.3. The van der Waals surface area contributed by atoms with Crippen molar-refractivity contribution in [1.29, 1.82) is 0 Å². The van der Waals surface area contributed by atoms with E-state index in [-0.39, 0.29) is 12.1 Å². The zero-order valence-electron chi connectivity index (χ0n) is 18.7. The Kier molecular flexibility index (Phi) is 5.62. The van der Waals surface area contributed by atoms with Gasteiger partial charge in [0.2, 0.25) is 5.91 Å². The van der Waals surface area contributed by atoms with Crippen LogP contribution in [0.25, 0.3) is 27.7 Å². The van der Waals surface area contributed by atoms with E-state index in [1.54, 1.807) is 18.2 Å². The number of primary amides is 1. The highest BCUT2D eigenvalue weighted by Crippen LogP contribution is 2.32. The molecule has 0 atom stereocenters. The third-order valence-corrected chi connectivity index (χ3v) is 6.44. The minimum Gasteiger partial charge on any atom is -0.368 e. The highest BCUT2D eigenvalue weighted by Gasteiger charge is 2.19. The third kappa shape index (κ3) is 3.94. The molecule has 0 saturated heterocycles. The number of thioether (sulfide) groups is 1. The van der Waals surface area contributed by atoms with Crippen molar-refractivity contribution in [2.75, 3.05) is 0 Å². The van der Waals surface area contributed by atoms with Crippen LogP contribution in [0.2, 0.25) is 0 Å². The van der Waals surface area contributed by atoms with Crippen molar-refractivity contribution in [2.45, 2.75) is 31.3 Å². The monoisotopic (exact) mass is 470 g/mol. The van der Waals surface area contributed by atoms with Gasteiger partial charge in [0, 0.05) is 5.56 Å². The predicted octanol–water partition coefficient (Wildman–Crippen LogP) is 3.50. The first kappa shape index (κ1) is 21.8. The average Bonchev–Trinajstić information content (AvgIpc) is 3.19. The van der Waals surface area contributed by atoms with Crippen LogP contribution >= 0.6 is 11.8 Å². The van der Waals surface area contributed by atoms with Crippen LogP contribution in [0.1, 0.15) is 17.1 Å². The van der Waals surface area contributed by atoms with E-state index in [2.05, 4.69) is 4.98 Å². The number of amides is 1. The van der Waals surface area contributed by atoms with E-state index in [1.165, 1.54) is 16.3 Å². The molecular formula is C25H22N6O2S. The summed E-state index contributed by atoms with van der Waals surface area (Å²) in [6.07, 6.45) is 0. The number of aryl methyl sites for hydroxylation is 2. The molecule has 2 N–H and O–H groups in total. The zero-order valence-corrected chi connectivity index (χ0v) is 19.5. The molecule has 3 heterocycles. The summed E-state index contributed by atoms with van der Waals surface area (Å²) in [5.41, 5.74) is 10.4. The highest BCUT2D eigenvalue weighted by molar-refractivity contribution is 7.98. The minimum atomic E-state index is -0.601. The van der Waals surface area contributed by atoms with Gasteiger partial charge in [0.1, 0.15) is 12.4 Å². The van der Waals surface area contributed by atoms with Gasteiger partial charge in [0.25, 0.3) is 5.56 Å². The smallest absolute Gasteiger partial charge is 0.261 e. The molecule has 2 aromatic carbocycles. The van der Waals surface area contributed by atoms with Crippen molar-refractivity contribution in [1.82, 2.24) is 24.1 Å². The van der Waals surface area contributed by atoms with Crippen molar-refractivity contribution in [3.05, 3.63) is 88.1 Å². The fraction of sp³-hybridized carbons (Fsp3) is 0.160. The lowest BCUT2D eigenvalue weighted by Crippen LogP contribution is -2.31. The molecular weight excluding hydrogens is 448 g/mol. The van der Waals surface area contributed by atoms with Gasteiger partial charge < -0.3 is 5.73 Å². The van der Waals surface area contributed by atoms with Gasteiger partial charge in [-0.15, -0.1) is 0 Å². The fourth-order valence-corrected chi connectivity index (χ4v) is 4.96. The van der Waals surface area contributed by atoms with Gasteiger partial charge in [-0.05, 0) is 37.6 Å². The van der Waals surface area contributed by atoms with E-state index in [1.807, 2.05) is 60.8 Å². The number of para-hydroxylation sites is 1. The number of benzene rings is 2. The zero-order chi connectivity index (χ0) is 23.8. The molecule has 8 nitrogen and oxygen atoms in total. The van der Waals surface area contributed by atoms with Crippen molar-refractivity contribution in [2.24, 2.45) is 5.73 Å². The number of aromatic nitrogens is 5. The molecule has 5 rings (SSSR count). The van der Waals surface area contributed by atoms with E-state index in [0.29, 0.717) is 27.6 Å². The molecule has 0 bridgehead atoms. The van der Waals surface area contributed by atoms with Crippen LogP contribution in [0, 0.1) is 13.8 Å². The van der Waals surface area contributed by atoms with Crippen molar-refractivity contribution in [3.63, 3.8) is 0 Å². The maximum Gasteiger partial charge on any atom is 0.261 e. The number of imidazole rings is 1. The first-order valence-corrected chi connectivity index (χ1v) is 11.7. The summed E-state index contributed by atoms with van der Waals surface area (Å²) in [5, 5.41) is 5.83. The van der Waals surface area contributed by atoms with Gasteiger partial charge >= 0.3 is 0 Å². The molecule has 1 amide bonds. The van der Waals surface area contributed by atoms with Crippen LogP contribution in [0.5, 0.6) is 0 Å². The van der Waals surface area contributed by atoms with Gasteiger partial charge in [0.15, 0.2) is 5.16 Å².